The van der Waals surface area contributed by atoms with Crippen LogP contribution in [0.4, 0.5) is 0 Å². The lowest BCUT2D eigenvalue weighted by Crippen LogP contribution is -1.92. The third-order valence-corrected chi connectivity index (χ3v) is 3.49. The van der Waals surface area contributed by atoms with Crippen molar-refractivity contribution < 1.29 is 4.74 Å². The van der Waals surface area contributed by atoms with E-state index in [1.54, 1.807) is 30.5 Å². The average molecular weight is 299 g/mol. The summed E-state index contributed by atoms with van der Waals surface area (Å²) in [6, 6.07) is 9.09. The zero-order chi connectivity index (χ0) is 14.8. The van der Waals surface area contributed by atoms with Crippen LogP contribution >= 0.6 is 11.6 Å². The number of ether oxygens (including phenoxy) is 1. The van der Waals surface area contributed by atoms with E-state index in [2.05, 4.69) is 21.0 Å². The van der Waals surface area contributed by atoms with Crippen LogP contribution in [0.5, 0.6) is 11.8 Å². The molecule has 5 nitrogen and oxygen atoms in total. The Balaban J connectivity index is 1.96. The van der Waals surface area contributed by atoms with E-state index in [0.29, 0.717) is 22.0 Å². The highest BCUT2D eigenvalue weighted by atomic mass is 35.5. The topological polar surface area (TPSA) is 74.6 Å². The number of benzene rings is 1. The van der Waals surface area contributed by atoms with Crippen molar-refractivity contribution in [2.45, 2.75) is 13.3 Å². The minimum Gasteiger partial charge on any atom is -0.424 e. The van der Waals surface area contributed by atoms with Gasteiger partial charge in [0.2, 0.25) is 0 Å². The summed E-state index contributed by atoms with van der Waals surface area (Å²) in [5.41, 5.74) is 2.08. The molecular formula is C15H11ClN4O. The fourth-order valence-electron chi connectivity index (χ4n) is 2.01. The Morgan fingerprint density at radius 3 is 3.05 bits per heavy atom. The van der Waals surface area contributed by atoms with Crippen molar-refractivity contribution in [2.24, 2.45) is 0 Å². The van der Waals surface area contributed by atoms with Gasteiger partial charge in [-0.3, -0.25) is 0 Å². The summed E-state index contributed by atoms with van der Waals surface area (Å²) < 4.78 is 5.58. The Hall–Kier alpha value is -2.58. The summed E-state index contributed by atoms with van der Waals surface area (Å²) in [6.07, 6.45) is 2.42. The van der Waals surface area contributed by atoms with Gasteiger partial charge in [-0.1, -0.05) is 24.6 Å². The number of aromatic nitrogens is 3. The van der Waals surface area contributed by atoms with Gasteiger partial charge in [-0.2, -0.15) is 10.2 Å². The second kappa shape index (κ2) is 5.43. The highest BCUT2D eigenvalue weighted by molar-refractivity contribution is 6.36. The lowest BCUT2D eigenvalue weighted by molar-refractivity contribution is 0.444. The lowest BCUT2D eigenvalue weighted by Gasteiger charge is -2.03. The molecule has 1 N–H and O–H groups in total. The van der Waals surface area contributed by atoms with Crippen LogP contribution in [0.1, 0.15) is 18.2 Å². The minimum absolute atomic E-state index is 0.207. The maximum Gasteiger partial charge on any atom is 0.323 e. The Kier molecular flexibility index (Phi) is 3.46. The van der Waals surface area contributed by atoms with Crippen molar-refractivity contribution >= 4 is 22.6 Å². The van der Waals surface area contributed by atoms with Gasteiger partial charge in [-0.15, -0.1) is 0 Å². The SMILES string of the molecule is CCc1[nH]c2nc(Oc3cccc(C#N)c3)ncc2c1Cl. The first-order valence-corrected chi connectivity index (χ1v) is 6.80. The number of hydrogen-bond acceptors (Lipinski definition) is 4. The van der Waals surface area contributed by atoms with Gasteiger partial charge in [0, 0.05) is 11.9 Å². The van der Waals surface area contributed by atoms with E-state index in [1.165, 1.54) is 0 Å². The Labute approximate surface area is 126 Å². The molecule has 0 spiro atoms. The van der Waals surface area contributed by atoms with Gasteiger partial charge in [0.05, 0.1) is 22.0 Å². The average Bonchev–Trinajstić information content (AvgIpc) is 2.83. The van der Waals surface area contributed by atoms with Crippen molar-refractivity contribution in [1.82, 2.24) is 15.0 Å². The number of nitrogens with zero attached hydrogens (tertiary/aromatic N) is 3. The number of aromatic amines is 1. The fourth-order valence-corrected chi connectivity index (χ4v) is 2.33. The third kappa shape index (κ3) is 2.54. The Bertz CT molecular complexity index is 850. The van der Waals surface area contributed by atoms with Crippen LogP contribution in [0.15, 0.2) is 30.5 Å². The molecule has 104 valence electrons. The summed E-state index contributed by atoms with van der Waals surface area (Å²) in [5, 5.41) is 10.3. The molecule has 2 heterocycles. The number of rotatable bonds is 3. The number of halogens is 1. The van der Waals surface area contributed by atoms with Gasteiger partial charge in [-0.25, -0.2) is 4.98 Å². The highest BCUT2D eigenvalue weighted by Crippen LogP contribution is 2.28. The Morgan fingerprint density at radius 1 is 1.43 bits per heavy atom. The van der Waals surface area contributed by atoms with E-state index in [1.807, 2.05) is 6.92 Å². The van der Waals surface area contributed by atoms with Crippen molar-refractivity contribution in [3.63, 3.8) is 0 Å². The normalized spacial score (nSPS) is 10.5. The lowest BCUT2D eigenvalue weighted by atomic mass is 10.2. The molecular weight excluding hydrogens is 288 g/mol. The molecule has 1 aromatic carbocycles. The zero-order valence-corrected chi connectivity index (χ0v) is 12.0. The van der Waals surface area contributed by atoms with Crippen LogP contribution < -0.4 is 4.74 Å². The highest BCUT2D eigenvalue weighted by Gasteiger charge is 2.11. The van der Waals surface area contributed by atoms with Crippen molar-refractivity contribution in [3.05, 3.63) is 46.7 Å². The largest absolute Gasteiger partial charge is 0.424 e. The third-order valence-electron chi connectivity index (χ3n) is 3.06. The second-order valence-electron chi connectivity index (χ2n) is 4.43. The summed E-state index contributed by atoms with van der Waals surface area (Å²) in [4.78, 5) is 11.6. The molecule has 0 unspecified atom stereocenters. The Morgan fingerprint density at radius 2 is 2.29 bits per heavy atom. The fraction of sp³-hybridized carbons (Fsp3) is 0.133. The molecule has 0 radical (unpaired) electrons. The minimum atomic E-state index is 0.207. The van der Waals surface area contributed by atoms with Gasteiger partial charge in [0.25, 0.3) is 0 Å². The molecule has 0 aliphatic carbocycles. The van der Waals surface area contributed by atoms with E-state index >= 15 is 0 Å². The smallest absolute Gasteiger partial charge is 0.323 e. The molecule has 21 heavy (non-hydrogen) atoms. The number of H-pyrrole nitrogens is 1. The quantitative estimate of drug-likeness (QED) is 0.797. The van der Waals surface area contributed by atoms with Crippen LogP contribution in [-0.2, 0) is 6.42 Å². The first kappa shape index (κ1) is 13.4. The summed E-state index contributed by atoms with van der Waals surface area (Å²) in [6.45, 7) is 2.01. The molecule has 3 rings (SSSR count). The molecule has 0 fully saturated rings. The standard InChI is InChI=1S/C15H11ClN4O/c1-2-12-13(16)11-8-18-15(20-14(11)19-12)21-10-5-3-4-9(6-10)7-17/h3-6,8H,2H2,1H3,(H,18,19,20). The molecule has 0 saturated heterocycles. The van der Waals surface area contributed by atoms with Gasteiger partial charge < -0.3 is 9.72 Å². The molecule has 0 bridgehead atoms. The predicted molar refractivity (Wildman–Crippen MR) is 79.5 cm³/mol. The molecule has 2 aromatic heterocycles. The number of aryl methyl sites for hydroxylation is 1. The number of hydrogen-bond donors (Lipinski definition) is 1. The van der Waals surface area contributed by atoms with Crippen LogP contribution in [0.2, 0.25) is 5.02 Å². The number of nitrogens with one attached hydrogen (secondary N) is 1. The molecule has 3 aromatic rings. The van der Waals surface area contributed by atoms with E-state index in [-0.39, 0.29) is 6.01 Å². The van der Waals surface area contributed by atoms with Crippen LogP contribution in [0.3, 0.4) is 0 Å². The monoisotopic (exact) mass is 298 g/mol. The van der Waals surface area contributed by atoms with Crippen molar-refractivity contribution in [3.8, 4) is 17.8 Å². The maximum atomic E-state index is 8.87. The van der Waals surface area contributed by atoms with E-state index in [9.17, 15) is 0 Å². The predicted octanol–water partition coefficient (Wildman–Crippen LogP) is 3.84. The van der Waals surface area contributed by atoms with Crippen LogP contribution in [0, 0.1) is 11.3 Å². The number of fused-ring (bicyclic) bond motifs is 1. The van der Waals surface area contributed by atoms with Gasteiger partial charge >= 0.3 is 6.01 Å². The first-order chi connectivity index (χ1) is 10.2. The maximum absolute atomic E-state index is 8.87. The van der Waals surface area contributed by atoms with Gasteiger partial charge in [0.15, 0.2) is 0 Å². The van der Waals surface area contributed by atoms with Crippen molar-refractivity contribution in [1.29, 1.82) is 5.26 Å². The van der Waals surface area contributed by atoms with Crippen LogP contribution in [-0.4, -0.2) is 15.0 Å². The molecule has 6 heteroatoms. The van der Waals surface area contributed by atoms with Gasteiger partial charge in [0.1, 0.15) is 11.4 Å². The van der Waals surface area contributed by atoms with Gasteiger partial charge in [-0.05, 0) is 24.6 Å². The summed E-state index contributed by atoms with van der Waals surface area (Å²) >= 11 is 6.22. The second-order valence-corrected chi connectivity index (χ2v) is 4.81. The van der Waals surface area contributed by atoms with Crippen LogP contribution in [0.25, 0.3) is 11.0 Å². The molecule has 0 amide bonds. The molecule has 0 aliphatic rings. The number of nitriles is 1. The van der Waals surface area contributed by atoms with E-state index in [0.717, 1.165) is 17.5 Å². The molecule has 0 atom stereocenters. The molecule has 0 saturated carbocycles. The summed E-state index contributed by atoms with van der Waals surface area (Å²) in [7, 11) is 0. The summed E-state index contributed by atoms with van der Waals surface area (Å²) in [5.74, 6) is 0.516. The molecule has 0 aliphatic heterocycles. The van der Waals surface area contributed by atoms with Crippen molar-refractivity contribution in [2.75, 3.05) is 0 Å². The van der Waals surface area contributed by atoms with E-state index < -0.39 is 0 Å². The zero-order valence-electron chi connectivity index (χ0n) is 11.2. The van der Waals surface area contributed by atoms with E-state index in [4.69, 9.17) is 21.6 Å². The first-order valence-electron chi connectivity index (χ1n) is 6.42.